The molecule has 0 aliphatic heterocycles. The Bertz CT molecular complexity index is 540. The van der Waals surface area contributed by atoms with Crippen molar-refractivity contribution in [2.45, 2.75) is 33.1 Å². The van der Waals surface area contributed by atoms with Crippen LogP contribution in [0.5, 0.6) is 0 Å². The highest BCUT2D eigenvalue weighted by Gasteiger charge is 2.02. The maximum Gasteiger partial charge on any atom is 0.191 e. The summed E-state index contributed by atoms with van der Waals surface area (Å²) in [6.45, 7) is 6.86. The van der Waals surface area contributed by atoms with Crippen LogP contribution in [0.3, 0.4) is 0 Å². The number of aryl methyl sites for hydroxylation is 1. The molecule has 0 fully saturated rings. The summed E-state index contributed by atoms with van der Waals surface area (Å²) in [7, 11) is 0. The molecule has 0 bridgehead atoms. The second-order valence-corrected chi connectivity index (χ2v) is 4.99. The van der Waals surface area contributed by atoms with Gasteiger partial charge in [0.25, 0.3) is 0 Å². The number of imidazole rings is 1. The molecule has 1 aromatic heterocycles. The van der Waals surface area contributed by atoms with E-state index in [1.165, 1.54) is 0 Å². The van der Waals surface area contributed by atoms with Crippen molar-refractivity contribution in [2.24, 2.45) is 4.99 Å². The lowest BCUT2D eigenvalue weighted by molar-refractivity contribution is 0.726. The van der Waals surface area contributed by atoms with Crippen LogP contribution in [0, 0.1) is 0 Å². The Balaban J connectivity index is 1.78. The number of hydrogen-bond donors (Lipinski definition) is 3. The van der Waals surface area contributed by atoms with Gasteiger partial charge in [-0.05, 0) is 31.9 Å². The van der Waals surface area contributed by atoms with Gasteiger partial charge in [-0.2, -0.15) is 0 Å². The molecule has 0 aliphatic carbocycles. The molecule has 2 rings (SSSR count). The Morgan fingerprint density at radius 3 is 2.86 bits per heavy atom. The molecule has 1 aromatic carbocycles. The summed E-state index contributed by atoms with van der Waals surface area (Å²) >= 11 is 0. The zero-order chi connectivity index (χ0) is 14.9. The number of H-pyrrole nitrogens is 1. The fourth-order valence-electron chi connectivity index (χ4n) is 2.15. The minimum atomic E-state index is 0.860. The Morgan fingerprint density at radius 2 is 2.10 bits per heavy atom. The molecular weight excluding hydrogens is 262 g/mol. The summed E-state index contributed by atoms with van der Waals surface area (Å²) in [6, 6.07) is 8.14. The molecule has 0 atom stereocenters. The molecule has 2 aromatic rings. The fraction of sp³-hybridized carbons (Fsp3) is 0.500. The number of para-hydroxylation sites is 2. The molecule has 114 valence electrons. The summed E-state index contributed by atoms with van der Waals surface area (Å²) < 4.78 is 0. The molecule has 0 saturated heterocycles. The minimum Gasteiger partial charge on any atom is -0.357 e. The summed E-state index contributed by atoms with van der Waals surface area (Å²) in [5.74, 6) is 1.96. The number of benzene rings is 1. The lowest BCUT2D eigenvalue weighted by Crippen LogP contribution is -2.38. The summed E-state index contributed by atoms with van der Waals surface area (Å²) in [4.78, 5) is 12.4. The summed E-state index contributed by atoms with van der Waals surface area (Å²) in [6.07, 6.45) is 3.03. The quantitative estimate of drug-likeness (QED) is 0.416. The first-order chi connectivity index (χ1) is 10.3. The van der Waals surface area contributed by atoms with Crippen molar-refractivity contribution in [3.05, 3.63) is 30.1 Å². The van der Waals surface area contributed by atoms with Crippen LogP contribution in [0.25, 0.3) is 11.0 Å². The van der Waals surface area contributed by atoms with Crippen LogP contribution >= 0.6 is 0 Å². The molecule has 5 nitrogen and oxygen atoms in total. The van der Waals surface area contributed by atoms with Gasteiger partial charge in [-0.3, -0.25) is 4.99 Å². The van der Waals surface area contributed by atoms with E-state index in [4.69, 9.17) is 0 Å². The van der Waals surface area contributed by atoms with Crippen molar-refractivity contribution in [3.8, 4) is 0 Å². The molecule has 0 unspecified atom stereocenters. The van der Waals surface area contributed by atoms with Gasteiger partial charge in [0.05, 0.1) is 11.0 Å². The molecule has 0 saturated carbocycles. The van der Waals surface area contributed by atoms with Crippen molar-refractivity contribution >= 4 is 17.0 Å². The standard InChI is InChI=1S/C16H25N5/c1-3-11-18-16(17-4-2)19-12-7-10-15-20-13-8-5-6-9-14(13)21-15/h5-6,8-9H,3-4,7,10-12H2,1-2H3,(H,20,21)(H2,17,18,19). The monoisotopic (exact) mass is 287 g/mol. The van der Waals surface area contributed by atoms with E-state index < -0.39 is 0 Å². The number of hydrogen-bond acceptors (Lipinski definition) is 2. The second-order valence-electron chi connectivity index (χ2n) is 4.99. The number of aromatic nitrogens is 2. The molecule has 21 heavy (non-hydrogen) atoms. The number of aromatic amines is 1. The lowest BCUT2D eigenvalue weighted by atomic mass is 10.3. The number of aliphatic imine (C=N–C) groups is 1. The highest BCUT2D eigenvalue weighted by atomic mass is 15.2. The van der Waals surface area contributed by atoms with Crippen LogP contribution in [0.1, 0.15) is 32.5 Å². The van der Waals surface area contributed by atoms with E-state index >= 15 is 0 Å². The van der Waals surface area contributed by atoms with Gasteiger partial charge in [-0.25, -0.2) is 4.98 Å². The van der Waals surface area contributed by atoms with Crippen LogP contribution in [-0.2, 0) is 6.42 Å². The highest BCUT2D eigenvalue weighted by Crippen LogP contribution is 2.10. The van der Waals surface area contributed by atoms with Crippen LogP contribution in [0.4, 0.5) is 0 Å². The third kappa shape index (κ3) is 4.77. The second kappa shape index (κ2) is 8.29. The van der Waals surface area contributed by atoms with Gasteiger partial charge in [-0.1, -0.05) is 19.1 Å². The number of guanidine groups is 1. The summed E-state index contributed by atoms with van der Waals surface area (Å²) in [5, 5.41) is 6.61. The third-order valence-electron chi connectivity index (χ3n) is 3.16. The topological polar surface area (TPSA) is 65.1 Å². The van der Waals surface area contributed by atoms with Crippen molar-refractivity contribution in [2.75, 3.05) is 19.6 Å². The molecular formula is C16H25N5. The maximum absolute atomic E-state index is 4.59. The zero-order valence-corrected chi connectivity index (χ0v) is 12.9. The average molecular weight is 287 g/mol. The molecule has 1 heterocycles. The van der Waals surface area contributed by atoms with E-state index in [1.807, 2.05) is 18.2 Å². The fourth-order valence-corrected chi connectivity index (χ4v) is 2.15. The Labute approximate surface area is 126 Å². The lowest BCUT2D eigenvalue weighted by Gasteiger charge is -2.10. The van der Waals surface area contributed by atoms with Gasteiger partial charge in [0, 0.05) is 26.1 Å². The van der Waals surface area contributed by atoms with Gasteiger partial charge >= 0.3 is 0 Å². The first-order valence-electron chi connectivity index (χ1n) is 7.79. The predicted octanol–water partition coefficient (Wildman–Crippen LogP) is 2.46. The van der Waals surface area contributed by atoms with Gasteiger partial charge in [-0.15, -0.1) is 0 Å². The van der Waals surface area contributed by atoms with Crippen molar-refractivity contribution < 1.29 is 0 Å². The maximum atomic E-state index is 4.59. The zero-order valence-electron chi connectivity index (χ0n) is 12.9. The first kappa shape index (κ1) is 15.4. The minimum absolute atomic E-state index is 0.860. The normalized spacial score (nSPS) is 11.8. The molecule has 5 heteroatoms. The van der Waals surface area contributed by atoms with Gasteiger partial charge in [0.15, 0.2) is 5.96 Å². The third-order valence-corrected chi connectivity index (χ3v) is 3.16. The van der Waals surface area contributed by atoms with Crippen molar-refractivity contribution in [3.63, 3.8) is 0 Å². The number of nitrogens with one attached hydrogen (secondary N) is 3. The van der Waals surface area contributed by atoms with Crippen LogP contribution in [0.15, 0.2) is 29.3 Å². The molecule has 0 radical (unpaired) electrons. The summed E-state index contributed by atoms with van der Waals surface area (Å²) in [5.41, 5.74) is 2.15. The Morgan fingerprint density at radius 1 is 1.24 bits per heavy atom. The molecule has 0 spiro atoms. The molecule has 0 amide bonds. The van der Waals surface area contributed by atoms with E-state index in [-0.39, 0.29) is 0 Å². The van der Waals surface area contributed by atoms with Crippen LogP contribution < -0.4 is 10.6 Å². The van der Waals surface area contributed by atoms with E-state index in [0.29, 0.717) is 0 Å². The number of rotatable bonds is 7. The van der Waals surface area contributed by atoms with Gasteiger partial charge < -0.3 is 15.6 Å². The Kier molecular flexibility index (Phi) is 6.06. The number of fused-ring (bicyclic) bond motifs is 1. The van der Waals surface area contributed by atoms with Crippen LogP contribution in [0.2, 0.25) is 0 Å². The van der Waals surface area contributed by atoms with Crippen LogP contribution in [-0.4, -0.2) is 35.6 Å². The predicted molar refractivity (Wildman–Crippen MR) is 88.7 cm³/mol. The molecule has 0 aliphatic rings. The molecule has 3 N–H and O–H groups in total. The van der Waals surface area contributed by atoms with E-state index in [1.54, 1.807) is 0 Å². The van der Waals surface area contributed by atoms with E-state index in [0.717, 1.165) is 61.7 Å². The SMILES string of the molecule is CCCN=C(NCC)NCCCc1nc2ccccc2[nH]1. The smallest absolute Gasteiger partial charge is 0.191 e. The van der Waals surface area contributed by atoms with Crippen molar-refractivity contribution in [1.29, 1.82) is 0 Å². The number of nitrogens with zero attached hydrogens (tertiary/aromatic N) is 2. The highest BCUT2D eigenvalue weighted by molar-refractivity contribution is 5.79. The van der Waals surface area contributed by atoms with E-state index in [9.17, 15) is 0 Å². The van der Waals surface area contributed by atoms with Gasteiger partial charge in [0.1, 0.15) is 5.82 Å². The first-order valence-corrected chi connectivity index (χ1v) is 7.79. The van der Waals surface area contributed by atoms with Crippen molar-refractivity contribution in [1.82, 2.24) is 20.6 Å². The Hall–Kier alpha value is -2.04. The average Bonchev–Trinajstić information content (AvgIpc) is 2.91. The van der Waals surface area contributed by atoms with E-state index in [2.05, 4.69) is 45.5 Å². The van der Waals surface area contributed by atoms with Gasteiger partial charge in [0.2, 0.25) is 0 Å². The largest absolute Gasteiger partial charge is 0.357 e.